The Morgan fingerprint density at radius 3 is 2.65 bits per heavy atom. The molecule has 4 rings (SSSR count). The van der Waals surface area contributed by atoms with E-state index < -0.39 is 0 Å². The third kappa shape index (κ3) is 5.84. The van der Waals surface area contributed by atoms with Gasteiger partial charge in [0.1, 0.15) is 12.4 Å². The van der Waals surface area contributed by atoms with Gasteiger partial charge in [-0.15, -0.1) is 0 Å². The molecule has 0 saturated heterocycles. The Morgan fingerprint density at radius 2 is 1.91 bits per heavy atom. The molecule has 0 bridgehead atoms. The number of rotatable bonds is 5. The second-order valence-electron chi connectivity index (χ2n) is 9.18. The molecule has 0 N–H and O–H groups in total. The van der Waals surface area contributed by atoms with Gasteiger partial charge in [-0.1, -0.05) is 17.7 Å². The van der Waals surface area contributed by atoms with Crippen LogP contribution in [0.1, 0.15) is 54.1 Å². The van der Waals surface area contributed by atoms with Crippen LogP contribution in [0.2, 0.25) is 5.02 Å². The van der Waals surface area contributed by atoms with Crippen molar-refractivity contribution in [1.82, 2.24) is 0 Å². The van der Waals surface area contributed by atoms with Crippen LogP contribution in [0.15, 0.2) is 36.4 Å². The fourth-order valence-electron chi connectivity index (χ4n) is 4.79. The zero-order valence-electron chi connectivity index (χ0n) is 19.8. The molecule has 0 spiro atoms. The fraction of sp³-hybridized carbons (Fsp3) is 0.481. The lowest BCUT2D eigenvalue weighted by molar-refractivity contribution is -0.144. The number of hydrogen-bond acceptors (Lipinski definition) is 6. The molecule has 1 saturated carbocycles. The van der Waals surface area contributed by atoms with E-state index in [4.69, 9.17) is 25.8 Å². The summed E-state index contributed by atoms with van der Waals surface area (Å²) in [4.78, 5) is 25.9. The molecule has 6 nitrogen and oxygen atoms in total. The highest BCUT2D eigenvalue weighted by molar-refractivity contribution is 6.30. The summed E-state index contributed by atoms with van der Waals surface area (Å²) in [5, 5.41) is 0.738. The largest absolute Gasteiger partial charge is 0.487 e. The highest BCUT2D eigenvalue weighted by atomic mass is 35.5. The first-order valence-corrected chi connectivity index (χ1v) is 12.3. The highest BCUT2D eigenvalue weighted by Crippen LogP contribution is 2.39. The quantitative estimate of drug-likeness (QED) is 0.525. The van der Waals surface area contributed by atoms with Gasteiger partial charge in [0.05, 0.1) is 25.0 Å². The molecule has 0 amide bonds. The molecule has 2 aromatic rings. The van der Waals surface area contributed by atoms with Gasteiger partial charge in [0.25, 0.3) is 0 Å². The first kappa shape index (κ1) is 24.4. The number of fused-ring (bicyclic) bond motifs is 2. The van der Waals surface area contributed by atoms with Gasteiger partial charge in [-0.25, -0.2) is 4.79 Å². The van der Waals surface area contributed by atoms with Crippen molar-refractivity contribution in [2.45, 2.75) is 45.6 Å². The summed E-state index contributed by atoms with van der Waals surface area (Å²) in [6.45, 7) is 4.02. The van der Waals surface area contributed by atoms with Gasteiger partial charge < -0.3 is 19.1 Å². The van der Waals surface area contributed by atoms with Crippen molar-refractivity contribution >= 4 is 29.2 Å². The van der Waals surface area contributed by atoms with E-state index in [9.17, 15) is 9.59 Å². The predicted molar refractivity (Wildman–Crippen MR) is 132 cm³/mol. The molecule has 0 aromatic heterocycles. The summed E-state index contributed by atoms with van der Waals surface area (Å²) >= 11 is 6.26. The minimum atomic E-state index is -0.367. The molecule has 182 valence electrons. The summed E-state index contributed by atoms with van der Waals surface area (Å²) < 4.78 is 16.6. The van der Waals surface area contributed by atoms with Crippen molar-refractivity contribution < 1.29 is 23.8 Å². The van der Waals surface area contributed by atoms with Crippen molar-refractivity contribution in [3.05, 3.63) is 58.1 Å². The Kier molecular flexibility index (Phi) is 7.99. The van der Waals surface area contributed by atoms with E-state index in [2.05, 4.69) is 4.90 Å². The molecule has 2 atom stereocenters. The van der Waals surface area contributed by atoms with E-state index >= 15 is 0 Å². The standard InChI is InChI=1S/C27H32ClNO5/c1-18(30)33-16-23-7-6-21(23)15-29-12-4-3-5-19-13-24(28)10-8-22(19)17-34-26-11-9-20(14-25(26)29)27(31)32-2/h8-11,13-14,21,23H,3-7,12,15-17H2,1-2H3/t21-,23-/m0/s1. The summed E-state index contributed by atoms with van der Waals surface area (Å²) in [5.74, 6) is 0.929. The molecular formula is C27H32ClNO5. The van der Waals surface area contributed by atoms with E-state index in [-0.39, 0.29) is 11.9 Å². The Bertz CT molecular complexity index is 1040. The van der Waals surface area contributed by atoms with E-state index in [1.54, 1.807) is 6.07 Å². The number of esters is 2. The van der Waals surface area contributed by atoms with Crippen molar-refractivity contribution in [2.75, 3.05) is 31.7 Å². The predicted octanol–water partition coefficient (Wildman–Crippen LogP) is 5.44. The van der Waals surface area contributed by atoms with Gasteiger partial charge in [0.15, 0.2) is 0 Å². The number of halogens is 1. The van der Waals surface area contributed by atoms with Gasteiger partial charge in [0, 0.05) is 25.0 Å². The van der Waals surface area contributed by atoms with Crippen LogP contribution in [0.25, 0.3) is 0 Å². The van der Waals surface area contributed by atoms with Crippen LogP contribution >= 0.6 is 11.6 Å². The van der Waals surface area contributed by atoms with E-state index in [1.807, 2.05) is 30.3 Å². The molecule has 1 aliphatic carbocycles. The Labute approximate surface area is 206 Å². The normalized spacial score (nSPS) is 20.0. The lowest BCUT2D eigenvalue weighted by atomic mass is 9.73. The Morgan fingerprint density at radius 1 is 1.09 bits per heavy atom. The number of carbonyl (C=O) groups is 2. The number of carbonyl (C=O) groups excluding carboxylic acids is 2. The van der Waals surface area contributed by atoms with Crippen LogP contribution in [0.5, 0.6) is 5.75 Å². The van der Waals surface area contributed by atoms with Crippen LogP contribution in [0.3, 0.4) is 0 Å². The van der Waals surface area contributed by atoms with Crippen LogP contribution in [-0.2, 0) is 27.3 Å². The fourth-order valence-corrected chi connectivity index (χ4v) is 4.98. The first-order chi connectivity index (χ1) is 16.4. The monoisotopic (exact) mass is 485 g/mol. The molecule has 7 heteroatoms. The average Bonchev–Trinajstić information content (AvgIpc) is 2.84. The van der Waals surface area contributed by atoms with Crippen molar-refractivity contribution in [3.63, 3.8) is 0 Å². The Balaban J connectivity index is 1.61. The first-order valence-electron chi connectivity index (χ1n) is 12.0. The Hall–Kier alpha value is -2.73. The minimum Gasteiger partial charge on any atom is -0.487 e. The van der Waals surface area contributed by atoms with E-state index in [0.717, 1.165) is 67.2 Å². The van der Waals surface area contributed by atoms with Gasteiger partial charge in [-0.05, 0) is 85.4 Å². The van der Waals surface area contributed by atoms with Gasteiger partial charge in [-0.2, -0.15) is 0 Å². The van der Waals surface area contributed by atoms with Gasteiger partial charge in [-0.3, -0.25) is 4.79 Å². The van der Waals surface area contributed by atoms with Crippen molar-refractivity contribution in [3.8, 4) is 5.75 Å². The molecular weight excluding hydrogens is 454 g/mol. The summed E-state index contributed by atoms with van der Waals surface area (Å²) in [6.07, 6.45) is 5.12. The molecule has 0 radical (unpaired) electrons. The smallest absolute Gasteiger partial charge is 0.337 e. The van der Waals surface area contributed by atoms with Crippen LogP contribution < -0.4 is 9.64 Å². The van der Waals surface area contributed by atoms with Crippen molar-refractivity contribution in [2.24, 2.45) is 11.8 Å². The topological polar surface area (TPSA) is 65.1 Å². The van der Waals surface area contributed by atoms with Crippen molar-refractivity contribution in [1.29, 1.82) is 0 Å². The number of ether oxygens (including phenoxy) is 3. The molecule has 0 unspecified atom stereocenters. The molecule has 1 fully saturated rings. The van der Waals surface area contributed by atoms with Gasteiger partial charge >= 0.3 is 11.9 Å². The van der Waals surface area contributed by atoms with Crippen LogP contribution in [0.4, 0.5) is 5.69 Å². The summed E-state index contributed by atoms with van der Waals surface area (Å²) in [6, 6.07) is 11.4. The summed E-state index contributed by atoms with van der Waals surface area (Å²) in [5.41, 5.74) is 3.75. The van der Waals surface area contributed by atoms with Crippen LogP contribution in [0, 0.1) is 11.8 Å². The number of aryl methyl sites for hydroxylation is 1. The maximum absolute atomic E-state index is 12.3. The summed E-state index contributed by atoms with van der Waals surface area (Å²) in [7, 11) is 1.39. The van der Waals surface area contributed by atoms with E-state index in [0.29, 0.717) is 30.6 Å². The molecule has 2 aromatic carbocycles. The number of methoxy groups -OCH3 is 1. The highest BCUT2D eigenvalue weighted by Gasteiger charge is 2.34. The van der Waals surface area contributed by atoms with Gasteiger partial charge in [0.2, 0.25) is 0 Å². The molecule has 1 aliphatic heterocycles. The average molecular weight is 486 g/mol. The zero-order valence-corrected chi connectivity index (χ0v) is 20.6. The number of hydrogen-bond donors (Lipinski definition) is 0. The number of benzene rings is 2. The number of nitrogens with zero attached hydrogens (tertiary/aromatic N) is 1. The second-order valence-corrected chi connectivity index (χ2v) is 9.62. The third-order valence-electron chi connectivity index (χ3n) is 6.93. The molecule has 34 heavy (non-hydrogen) atoms. The molecule has 1 heterocycles. The minimum absolute atomic E-state index is 0.234. The van der Waals surface area contributed by atoms with E-state index in [1.165, 1.54) is 19.6 Å². The lowest BCUT2D eigenvalue weighted by Gasteiger charge is -2.40. The molecule has 2 aliphatic rings. The maximum Gasteiger partial charge on any atom is 0.337 e. The SMILES string of the molecule is COC(=O)c1ccc2c(c1)N(C[C@@H]1CC[C@H]1COC(C)=O)CCCCc1cc(Cl)ccc1CO2. The number of anilines is 1. The second kappa shape index (κ2) is 11.1. The zero-order chi connectivity index (χ0) is 24.1. The lowest BCUT2D eigenvalue weighted by Crippen LogP contribution is -2.41. The third-order valence-corrected chi connectivity index (χ3v) is 7.16. The van der Waals surface area contributed by atoms with Crippen LogP contribution in [-0.4, -0.2) is 38.7 Å². The maximum atomic E-state index is 12.3.